The molecule has 0 aliphatic carbocycles. The number of hydrogen-bond donors (Lipinski definition) is 6. The first-order valence-electron chi connectivity index (χ1n) is 16.0. The van der Waals surface area contributed by atoms with Crippen LogP contribution < -0.4 is 21.7 Å². The van der Waals surface area contributed by atoms with E-state index in [1.54, 1.807) is 36.4 Å². The molecule has 0 spiro atoms. The van der Waals surface area contributed by atoms with Crippen LogP contribution in [-0.4, -0.2) is 33.8 Å². The topological polar surface area (TPSA) is 157 Å². The molecule has 2 rings (SSSR count). The molecule has 0 bridgehead atoms. The normalized spacial score (nSPS) is 12.2. The Morgan fingerprint density at radius 2 is 0.977 bits per heavy atom. The van der Waals surface area contributed by atoms with Gasteiger partial charge in [0, 0.05) is 11.8 Å². The van der Waals surface area contributed by atoms with Crippen molar-refractivity contribution in [1.82, 2.24) is 21.7 Å². The highest BCUT2D eigenvalue weighted by atomic mass is 16.3. The first kappa shape index (κ1) is 36.1. The predicted molar refractivity (Wildman–Crippen MR) is 171 cm³/mol. The van der Waals surface area contributed by atoms with E-state index in [9.17, 15) is 29.4 Å². The molecule has 0 radical (unpaired) electrons. The summed E-state index contributed by atoms with van der Waals surface area (Å²) in [5, 5.41) is 20.5. The Morgan fingerprint density at radius 1 is 0.591 bits per heavy atom. The number of carbonyl (C=O) groups is 4. The number of aryl methyl sites for hydroxylation is 2. The molecule has 0 saturated carbocycles. The maximum atomic E-state index is 12.7. The Kier molecular flexibility index (Phi) is 15.8. The SMILES string of the molecule is CCCCc1ccc(C(=O)NNC(=O)C(CC)CCCCC(CC)C(=O)NNC(=O)c2ccc(CCCC)cc2O)c(O)c1. The number of aromatic hydroxyl groups is 2. The summed E-state index contributed by atoms with van der Waals surface area (Å²) < 4.78 is 0. The van der Waals surface area contributed by atoms with Gasteiger partial charge in [-0.1, -0.05) is 65.5 Å². The van der Waals surface area contributed by atoms with Crippen LogP contribution in [0.3, 0.4) is 0 Å². The largest absolute Gasteiger partial charge is 0.507 e. The van der Waals surface area contributed by atoms with Gasteiger partial charge in [-0.2, -0.15) is 0 Å². The first-order valence-corrected chi connectivity index (χ1v) is 16.0. The van der Waals surface area contributed by atoms with Gasteiger partial charge in [0.2, 0.25) is 11.8 Å². The predicted octanol–water partition coefficient (Wildman–Crippen LogP) is 5.62. The van der Waals surface area contributed by atoms with Crippen molar-refractivity contribution in [3.63, 3.8) is 0 Å². The Hall–Kier alpha value is -4.08. The Labute approximate surface area is 261 Å². The van der Waals surface area contributed by atoms with Crippen molar-refractivity contribution >= 4 is 23.6 Å². The maximum Gasteiger partial charge on any atom is 0.273 e. The van der Waals surface area contributed by atoms with Crippen LogP contribution in [0.4, 0.5) is 0 Å². The molecule has 0 aliphatic rings. The molecule has 6 N–H and O–H groups in total. The molecule has 0 aliphatic heterocycles. The number of phenols is 2. The molecule has 2 unspecified atom stereocenters. The smallest absolute Gasteiger partial charge is 0.273 e. The molecule has 2 aromatic carbocycles. The number of rotatable bonds is 17. The van der Waals surface area contributed by atoms with Crippen molar-refractivity contribution in [3.8, 4) is 11.5 Å². The number of hydrogen-bond acceptors (Lipinski definition) is 6. The monoisotopic (exact) mass is 610 g/mol. The number of nitrogens with one attached hydrogen (secondary N) is 4. The summed E-state index contributed by atoms with van der Waals surface area (Å²) >= 11 is 0. The number of amides is 4. The van der Waals surface area contributed by atoms with Crippen molar-refractivity contribution in [2.45, 2.75) is 105 Å². The minimum Gasteiger partial charge on any atom is -0.507 e. The van der Waals surface area contributed by atoms with Crippen molar-refractivity contribution in [1.29, 1.82) is 0 Å². The van der Waals surface area contributed by atoms with E-state index < -0.39 is 11.8 Å². The van der Waals surface area contributed by atoms with Crippen LogP contribution >= 0.6 is 0 Å². The van der Waals surface area contributed by atoms with E-state index in [1.165, 1.54) is 0 Å². The van der Waals surface area contributed by atoms with Crippen molar-refractivity contribution in [2.24, 2.45) is 11.8 Å². The van der Waals surface area contributed by atoms with Crippen LogP contribution in [0.15, 0.2) is 36.4 Å². The summed E-state index contributed by atoms with van der Waals surface area (Å²) in [7, 11) is 0. The standard InChI is InChI=1S/C34H50N4O6/c1-5-9-13-23-17-19-27(29(39)21-23)33(43)37-35-31(41)25(7-3)15-11-12-16-26(8-4)32(42)36-38-34(44)28-20-18-24(14-10-6-2)22-30(28)40/h17-22,25-26,39-40H,5-16H2,1-4H3,(H,35,41)(H,36,42)(H,37,43)(H,38,44). The minimum absolute atomic E-state index is 0.0933. The molecule has 0 heterocycles. The molecular weight excluding hydrogens is 560 g/mol. The highest BCUT2D eigenvalue weighted by molar-refractivity contribution is 5.98. The average Bonchev–Trinajstić information content (AvgIpc) is 3.02. The summed E-state index contributed by atoms with van der Waals surface area (Å²) in [6, 6.07) is 9.88. The van der Waals surface area contributed by atoms with E-state index >= 15 is 0 Å². The van der Waals surface area contributed by atoms with E-state index in [4.69, 9.17) is 0 Å². The number of hydrazine groups is 2. The molecular formula is C34H50N4O6. The van der Waals surface area contributed by atoms with Crippen LogP contribution in [-0.2, 0) is 22.4 Å². The molecule has 0 fully saturated rings. The van der Waals surface area contributed by atoms with Gasteiger partial charge in [0.1, 0.15) is 11.5 Å². The Morgan fingerprint density at radius 3 is 1.30 bits per heavy atom. The quantitative estimate of drug-likeness (QED) is 0.101. The summed E-state index contributed by atoms with van der Waals surface area (Å²) in [5.74, 6) is -2.69. The van der Waals surface area contributed by atoms with E-state index in [2.05, 4.69) is 35.6 Å². The van der Waals surface area contributed by atoms with E-state index in [1.807, 2.05) is 13.8 Å². The second kappa shape index (κ2) is 19.2. The molecule has 0 saturated heterocycles. The summed E-state index contributed by atoms with van der Waals surface area (Å²) in [6.07, 6.45) is 9.41. The minimum atomic E-state index is -0.587. The lowest BCUT2D eigenvalue weighted by Gasteiger charge is -2.18. The van der Waals surface area contributed by atoms with Crippen molar-refractivity contribution in [3.05, 3.63) is 58.7 Å². The second-order valence-electron chi connectivity index (χ2n) is 11.3. The zero-order valence-corrected chi connectivity index (χ0v) is 26.6. The third kappa shape index (κ3) is 11.5. The Balaban J connectivity index is 1.76. The molecule has 10 nitrogen and oxygen atoms in total. The summed E-state index contributed by atoms with van der Waals surface area (Å²) in [5.41, 5.74) is 11.8. The molecule has 2 aromatic rings. The molecule has 242 valence electrons. The summed E-state index contributed by atoms with van der Waals surface area (Å²) in [4.78, 5) is 50.4. The lowest BCUT2D eigenvalue weighted by molar-refractivity contribution is -0.127. The van der Waals surface area contributed by atoms with Crippen molar-refractivity contribution in [2.75, 3.05) is 0 Å². The van der Waals surface area contributed by atoms with E-state index in [-0.39, 0.29) is 46.3 Å². The zero-order valence-electron chi connectivity index (χ0n) is 26.6. The number of unbranched alkanes of at least 4 members (excludes halogenated alkanes) is 3. The lowest BCUT2D eigenvalue weighted by atomic mass is 9.94. The summed E-state index contributed by atoms with van der Waals surface area (Å²) in [6.45, 7) is 7.97. The third-order valence-corrected chi connectivity index (χ3v) is 7.93. The third-order valence-electron chi connectivity index (χ3n) is 7.93. The van der Waals surface area contributed by atoms with Crippen LogP contribution in [0.5, 0.6) is 11.5 Å². The number of carbonyl (C=O) groups excluding carboxylic acids is 4. The van der Waals surface area contributed by atoms with Crippen LogP contribution in [0.25, 0.3) is 0 Å². The van der Waals surface area contributed by atoms with Gasteiger partial charge in [0.15, 0.2) is 0 Å². The second-order valence-corrected chi connectivity index (χ2v) is 11.3. The highest BCUT2D eigenvalue weighted by Crippen LogP contribution is 2.22. The van der Waals surface area contributed by atoms with Crippen LogP contribution in [0.1, 0.15) is 124 Å². The van der Waals surface area contributed by atoms with Gasteiger partial charge < -0.3 is 10.2 Å². The fourth-order valence-electron chi connectivity index (χ4n) is 5.01. The molecule has 44 heavy (non-hydrogen) atoms. The van der Waals surface area contributed by atoms with Gasteiger partial charge >= 0.3 is 0 Å². The van der Waals surface area contributed by atoms with Gasteiger partial charge in [-0.05, 0) is 86.8 Å². The highest BCUT2D eigenvalue weighted by Gasteiger charge is 2.21. The molecule has 10 heteroatoms. The maximum absolute atomic E-state index is 12.7. The average molecular weight is 611 g/mol. The van der Waals surface area contributed by atoms with Crippen LogP contribution in [0, 0.1) is 11.8 Å². The van der Waals surface area contributed by atoms with Gasteiger partial charge in [-0.15, -0.1) is 0 Å². The van der Waals surface area contributed by atoms with Crippen molar-refractivity contribution < 1.29 is 29.4 Å². The van der Waals surface area contributed by atoms with Gasteiger partial charge in [0.05, 0.1) is 11.1 Å². The fraction of sp³-hybridized carbons (Fsp3) is 0.529. The molecule has 4 amide bonds. The van der Waals surface area contributed by atoms with Gasteiger partial charge in [-0.25, -0.2) is 0 Å². The zero-order chi connectivity index (χ0) is 32.5. The van der Waals surface area contributed by atoms with E-state index in [0.29, 0.717) is 38.5 Å². The number of benzene rings is 2. The number of phenolic OH excluding ortho intramolecular Hbond substituents is 2. The van der Waals surface area contributed by atoms with Gasteiger partial charge in [-0.3, -0.25) is 40.9 Å². The Bertz CT molecular complexity index is 1150. The van der Waals surface area contributed by atoms with Gasteiger partial charge in [0.25, 0.3) is 11.8 Å². The lowest BCUT2D eigenvalue weighted by Crippen LogP contribution is -2.44. The molecule has 0 aromatic heterocycles. The fourth-order valence-corrected chi connectivity index (χ4v) is 5.01. The molecule has 2 atom stereocenters. The van der Waals surface area contributed by atoms with E-state index in [0.717, 1.165) is 49.7 Å². The first-order chi connectivity index (χ1) is 21.1. The van der Waals surface area contributed by atoms with Crippen LogP contribution in [0.2, 0.25) is 0 Å².